The maximum atomic E-state index is 8.64. The number of ether oxygens (including phenoxy) is 2. The molecule has 0 spiro atoms. The number of aromatic nitrogens is 6. The summed E-state index contributed by atoms with van der Waals surface area (Å²) in [4.78, 5) is 36.8. The minimum absolute atomic E-state index is 0. The Hall–Kier alpha value is -11.1. The van der Waals surface area contributed by atoms with Crippen LogP contribution in [0.1, 0.15) is 23.7 Å². The van der Waals surface area contributed by atoms with Gasteiger partial charge in [0.15, 0.2) is 0 Å². The van der Waals surface area contributed by atoms with Crippen LogP contribution >= 0.6 is 39.1 Å². The minimum atomic E-state index is -0.181. The monoisotopic (exact) mass is 1740 g/mol. The fourth-order valence-corrected chi connectivity index (χ4v) is 14.7. The zero-order valence-electron chi connectivity index (χ0n) is 67.4. The van der Waals surface area contributed by atoms with Gasteiger partial charge in [-0.15, -0.1) is 0 Å². The van der Waals surface area contributed by atoms with Crippen molar-refractivity contribution in [3.63, 3.8) is 0 Å². The molecular weight excluding hydrogens is 1660 g/mol. The van der Waals surface area contributed by atoms with Crippen LogP contribution in [0.4, 0.5) is 45.5 Å². The fourth-order valence-electron chi connectivity index (χ4n) is 13.8. The van der Waals surface area contributed by atoms with Gasteiger partial charge >= 0.3 is 103 Å². The largest absolute Gasteiger partial charge is 1.00 e. The number of carbonyl (C=O) groups excluding carboxylic acids is 1. The van der Waals surface area contributed by atoms with Gasteiger partial charge in [0.05, 0.1) is 54.9 Å². The van der Waals surface area contributed by atoms with Crippen LogP contribution in [0.25, 0.3) is 56.2 Å². The van der Waals surface area contributed by atoms with Gasteiger partial charge < -0.3 is 41.1 Å². The molecule has 0 atom stereocenters. The van der Waals surface area contributed by atoms with Crippen LogP contribution in [0.5, 0.6) is 23.3 Å². The first-order valence-electron chi connectivity index (χ1n) is 38.5. The van der Waals surface area contributed by atoms with Gasteiger partial charge in [-0.2, -0.15) is 0 Å². The second-order valence-electron chi connectivity index (χ2n) is 27.2. The van der Waals surface area contributed by atoms with Crippen LogP contribution < -0.4 is 138 Å². The summed E-state index contributed by atoms with van der Waals surface area (Å²) >= 11 is 18.2. The number of hydrogen-bond acceptors (Lipinski definition) is 13. The molecule has 18 aromatic rings. The summed E-state index contributed by atoms with van der Waals surface area (Å²) in [6, 6.07) is 135. The smallest absolute Gasteiger partial charge is 1.00 e. The first kappa shape index (κ1) is 87.7. The van der Waals surface area contributed by atoms with Gasteiger partial charge in [0, 0.05) is 94.7 Å². The van der Waals surface area contributed by atoms with Crippen molar-refractivity contribution in [1.29, 1.82) is 0 Å². The van der Waals surface area contributed by atoms with E-state index in [4.69, 9.17) is 52.7 Å². The molecule has 15 nitrogen and oxygen atoms in total. The molecule has 0 radical (unpaired) electrons. The summed E-state index contributed by atoms with van der Waals surface area (Å²) < 4.78 is 16.3. The number of nitrogens with one attached hydrogen (secondary N) is 1. The van der Waals surface area contributed by atoms with E-state index in [0.717, 1.165) is 113 Å². The van der Waals surface area contributed by atoms with E-state index in [-0.39, 0.29) is 111 Å². The molecule has 0 aliphatic carbocycles. The third kappa shape index (κ3) is 22.7. The van der Waals surface area contributed by atoms with Crippen LogP contribution in [-0.4, -0.2) is 35.5 Å². The van der Waals surface area contributed by atoms with Gasteiger partial charge in [-0.05, 0) is 204 Å². The van der Waals surface area contributed by atoms with Gasteiger partial charge in [-0.3, -0.25) is 13.9 Å². The predicted octanol–water partition coefficient (Wildman–Crippen LogP) is 20.0. The van der Waals surface area contributed by atoms with Crippen molar-refractivity contribution in [1.82, 2.24) is 29.1 Å². The molecule has 4 aromatic heterocycles. The van der Waals surface area contributed by atoms with E-state index in [2.05, 4.69) is 315 Å². The number of halogens is 3. The predicted molar refractivity (Wildman–Crippen MR) is 485 cm³/mol. The normalized spacial score (nSPS) is 10.5. The zero-order chi connectivity index (χ0) is 81.3. The molecule has 0 amide bonds. The zero-order valence-corrected chi connectivity index (χ0v) is 75.7. The molecule has 121 heavy (non-hydrogen) atoms. The molecule has 18 rings (SSSR count). The van der Waals surface area contributed by atoms with E-state index in [1.807, 2.05) is 146 Å². The van der Waals surface area contributed by atoms with Gasteiger partial charge in [-0.25, -0.2) is 19.9 Å². The second kappa shape index (κ2) is 44.4. The number of rotatable bonds is 24. The molecule has 0 aliphatic heterocycles. The molecule has 0 saturated carbocycles. The molecule has 1 N–H and O–H groups in total. The number of hydrogen-bond donors (Lipinski definition) is 1. The Morgan fingerprint density at radius 3 is 1.07 bits per heavy atom. The first-order chi connectivity index (χ1) is 58.7. The molecule has 0 saturated heterocycles. The SMILES string of the molecule is BrCc1ccccc1.Clc1c(N(Cc2ccccc2)c2ccc(Oc3ccccn3)cc2)cccc1N(Cc1ccccc1)c1ccc(-c2nc3ccccc3n2-c2ccccc2)cc1.Clc1c(Nc2ccc(Oc3ccccn3)cc2)cccc1N(Cc1ccccc1)c1ccc(-c2nc3ccccc3n2-c2ccccc2)cc1.O=CO[O-].[H-].[K+].[K+]. The summed E-state index contributed by atoms with van der Waals surface area (Å²) in [5.41, 5.74) is 20.4. The maximum Gasteiger partial charge on any atom is 1.00 e. The molecule has 0 aliphatic rings. The molecule has 0 bridgehead atoms. The van der Waals surface area contributed by atoms with Crippen LogP contribution in [0.15, 0.2) is 413 Å². The van der Waals surface area contributed by atoms with E-state index in [1.54, 1.807) is 12.4 Å². The van der Waals surface area contributed by atoms with Gasteiger partial charge in [0.2, 0.25) is 11.8 Å². The Labute approximate surface area is 808 Å². The van der Waals surface area contributed by atoms with Crippen molar-refractivity contribution in [3.05, 3.63) is 445 Å². The van der Waals surface area contributed by atoms with Crippen LogP contribution in [-0.2, 0) is 34.6 Å². The Balaban J connectivity index is 0.000000193. The molecule has 0 fully saturated rings. The maximum absolute atomic E-state index is 8.64. The molecule has 0 unspecified atom stereocenters. The summed E-state index contributed by atoms with van der Waals surface area (Å²) in [7, 11) is 0. The van der Waals surface area contributed by atoms with Crippen LogP contribution in [0.2, 0.25) is 10.0 Å². The number of anilines is 8. The molecular formula is C101H79BrCl2K2N10O5. The number of carbonyl (C=O) groups is 1. The van der Waals surface area contributed by atoms with Crippen molar-refractivity contribution in [3.8, 4) is 57.4 Å². The number of imidazole rings is 2. The minimum Gasteiger partial charge on any atom is -1.00 e. The number of para-hydroxylation sites is 6. The number of nitrogens with zero attached hydrogens (tertiary/aromatic N) is 9. The first-order valence-corrected chi connectivity index (χ1v) is 40.4. The van der Waals surface area contributed by atoms with Crippen LogP contribution in [0, 0.1) is 0 Å². The van der Waals surface area contributed by atoms with E-state index < -0.39 is 0 Å². The second-order valence-corrected chi connectivity index (χ2v) is 28.6. The molecule has 14 aromatic carbocycles. The molecule has 4 heterocycles. The summed E-state index contributed by atoms with van der Waals surface area (Å²) in [5, 5.41) is 14.1. The average Bonchev–Trinajstić information content (AvgIpc) is 1.58. The van der Waals surface area contributed by atoms with Crippen molar-refractivity contribution >= 4 is 113 Å². The topological polar surface area (TPSA) is 151 Å². The van der Waals surface area contributed by atoms with Gasteiger partial charge in [0.25, 0.3) is 6.47 Å². The molecule has 586 valence electrons. The Kier molecular flexibility index (Phi) is 32.2. The van der Waals surface area contributed by atoms with Crippen LogP contribution in [0.3, 0.4) is 0 Å². The average molecular weight is 1740 g/mol. The van der Waals surface area contributed by atoms with E-state index >= 15 is 0 Å². The fraction of sp³-hybridized carbons (Fsp3) is 0.0396. The van der Waals surface area contributed by atoms with Gasteiger partial charge in [-0.1, -0.05) is 245 Å². The quantitative estimate of drug-likeness (QED) is 0.0201. The standard InChI is InChI=1S/C50H38ClN5O.C43H32ClN5O.C7H7Br.CH2O3.2K.H/c51-49-46(23-14-24-47(49)55(36-38-17-6-2-7-18-38)41-30-32-43(33-31-41)57-48-25-12-13-34-52-48)54(35-37-15-4-1-5-16-37)40-28-26-39(27-29-40)50-53-44-21-10-11-22-45(44)56(50)42-19-8-3-9-20-42;44-42-38(46-33-23-27-36(28-24-33)50-41-20-9-10-29-45-41)17-11-19-40(42)48(30-31-12-3-1-4-13-31)34-25-21-32(22-26-34)43-47-37-16-7-8-18-39(37)49(43)35-14-5-2-6-15-35;8-6-7-4-2-1-3-5-7;2-1-4-3;;;/h1-34H,35-36H2;1-29,46H,30H2;1-5H,6H2;1,3H;;;/q;;;;2*+1;-1/p-1. The van der Waals surface area contributed by atoms with Crippen molar-refractivity contribution in [2.75, 3.05) is 20.0 Å². The summed E-state index contributed by atoms with van der Waals surface area (Å²) in [5.74, 6) is 4.27. The van der Waals surface area contributed by atoms with E-state index in [1.165, 1.54) is 16.7 Å². The third-order valence-electron chi connectivity index (χ3n) is 19.4. The van der Waals surface area contributed by atoms with E-state index in [9.17, 15) is 0 Å². The third-order valence-corrected chi connectivity index (χ3v) is 20.9. The Morgan fingerprint density at radius 1 is 0.372 bits per heavy atom. The number of pyridine rings is 2. The molecule has 20 heteroatoms. The summed E-state index contributed by atoms with van der Waals surface area (Å²) in [6.07, 6.45) is 3.43. The Bertz CT molecular complexity index is 6260. The number of alkyl halides is 1. The summed E-state index contributed by atoms with van der Waals surface area (Å²) in [6.45, 7) is 1.68. The van der Waals surface area contributed by atoms with Crippen molar-refractivity contribution in [2.24, 2.45) is 0 Å². The number of benzene rings is 14. The number of fused-ring (bicyclic) bond motifs is 2. The van der Waals surface area contributed by atoms with Crippen molar-refractivity contribution < 1.29 is 129 Å². The van der Waals surface area contributed by atoms with Gasteiger partial charge in [0.1, 0.15) is 23.1 Å². The Morgan fingerprint density at radius 2 is 0.702 bits per heavy atom. The van der Waals surface area contributed by atoms with Crippen molar-refractivity contribution in [2.45, 2.75) is 25.0 Å². The van der Waals surface area contributed by atoms with E-state index in [0.29, 0.717) is 52.9 Å².